The van der Waals surface area contributed by atoms with E-state index in [9.17, 15) is 14.7 Å². The fraction of sp³-hybridized carbons (Fsp3) is 0.636. The molecule has 0 aromatic heterocycles. The van der Waals surface area contributed by atoms with Crippen molar-refractivity contribution < 1.29 is 28.9 Å². The summed E-state index contributed by atoms with van der Waals surface area (Å²) < 4.78 is 16.0. The number of nitrogens with one attached hydrogen (secondary N) is 1. The molecule has 0 radical (unpaired) electrons. The molecule has 11 heteroatoms. The average molecular weight is 466 g/mol. The van der Waals surface area contributed by atoms with Gasteiger partial charge in [0.15, 0.2) is 0 Å². The highest BCUT2D eigenvalue weighted by molar-refractivity contribution is 5.86. The Morgan fingerprint density at radius 3 is 2.18 bits per heavy atom. The van der Waals surface area contributed by atoms with Gasteiger partial charge in [0.25, 0.3) is 0 Å². The molecule has 0 saturated carbocycles. The largest absolute Gasteiger partial charge is 0.465 e. The van der Waals surface area contributed by atoms with Crippen LogP contribution in [0.15, 0.2) is 35.4 Å². The summed E-state index contributed by atoms with van der Waals surface area (Å²) >= 11 is 0. The molecule has 1 atom stereocenters. The van der Waals surface area contributed by atoms with Crippen LogP contribution in [0.3, 0.4) is 0 Å². The predicted octanol–water partition coefficient (Wildman–Crippen LogP) is 2.85. The van der Waals surface area contributed by atoms with Gasteiger partial charge in [0.1, 0.15) is 6.04 Å². The summed E-state index contributed by atoms with van der Waals surface area (Å²) in [6.45, 7) is 7.99. The molecule has 11 nitrogen and oxygen atoms in total. The summed E-state index contributed by atoms with van der Waals surface area (Å²) in [4.78, 5) is 28.7. The molecule has 0 saturated heterocycles. The van der Waals surface area contributed by atoms with Crippen LogP contribution in [-0.2, 0) is 25.4 Å². The molecule has 0 fully saturated rings. The van der Waals surface area contributed by atoms with Gasteiger partial charge >= 0.3 is 6.09 Å². The Labute approximate surface area is 194 Å². The first-order valence-electron chi connectivity index (χ1n) is 10.9. The Balaban J connectivity index is 2.39. The number of carbonyl (C=O) groups excluding carboxylic acids is 1. The molecule has 1 rings (SSSR count). The summed E-state index contributed by atoms with van der Waals surface area (Å²) in [5.41, 5.74) is 8.27. The highest BCUT2D eigenvalue weighted by atomic mass is 16.5. The van der Waals surface area contributed by atoms with E-state index in [2.05, 4.69) is 15.3 Å². The van der Waals surface area contributed by atoms with Crippen molar-refractivity contribution in [3.05, 3.63) is 46.3 Å². The zero-order valence-corrected chi connectivity index (χ0v) is 19.6. The number of benzene rings is 1. The molecule has 0 aliphatic rings. The minimum atomic E-state index is -1.14. The topological polar surface area (TPSA) is 146 Å². The summed E-state index contributed by atoms with van der Waals surface area (Å²) in [5, 5.41) is 15.9. The van der Waals surface area contributed by atoms with E-state index in [0.29, 0.717) is 33.0 Å². The van der Waals surface area contributed by atoms with Gasteiger partial charge in [0.05, 0.1) is 39.6 Å². The molecule has 184 valence electrons. The molecule has 33 heavy (non-hydrogen) atoms. The van der Waals surface area contributed by atoms with Crippen LogP contribution in [0.4, 0.5) is 4.79 Å². The molecule has 1 aromatic carbocycles. The number of ether oxygens (including phenoxy) is 3. The van der Waals surface area contributed by atoms with Crippen LogP contribution in [0.25, 0.3) is 10.4 Å². The minimum absolute atomic E-state index is 0.254. The normalized spacial score (nSPS) is 12.0. The fourth-order valence-corrected chi connectivity index (χ4v) is 3.08. The standard InChI is InChI=1S/C22H35N5O6/c1-22(2,3)27(21(29)30)19(17-18-7-5-4-6-8-18)20(28)24-9-11-31-13-15-33-16-14-32-12-10-25-26-23/h4-8,19H,9-17H2,1-3H3,(H,24,28)(H,29,30)/t19-/m0/s1. The van der Waals surface area contributed by atoms with E-state index >= 15 is 0 Å². The van der Waals surface area contributed by atoms with E-state index < -0.39 is 17.7 Å². The third kappa shape index (κ3) is 12.1. The maximum Gasteiger partial charge on any atom is 0.408 e. The van der Waals surface area contributed by atoms with E-state index in [1.165, 1.54) is 4.90 Å². The zero-order chi connectivity index (χ0) is 24.5. The third-order valence-electron chi connectivity index (χ3n) is 4.50. The van der Waals surface area contributed by atoms with E-state index in [-0.39, 0.29) is 32.0 Å². The second kappa shape index (κ2) is 15.9. The minimum Gasteiger partial charge on any atom is -0.465 e. The van der Waals surface area contributed by atoms with Crippen molar-refractivity contribution >= 4 is 12.0 Å². The molecule has 0 aliphatic heterocycles. The van der Waals surface area contributed by atoms with E-state index in [0.717, 1.165) is 5.56 Å². The van der Waals surface area contributed by atoms with Gasteiger partial charge in [-0.1, -0.05) is 35.4 Å². The Kier molecular flexibility index (Phi) is 13.6. The summed E-state index contributed by atoms with van der Waals surface area (Å²) in [6.07, 6.45) is -0.871. The van der Waals surface area contributed by atoms with Crippen LogP contribution in [0, 0.1) is 0 Å². The highest BCUT2D eigenvalue weighted by Crippen LogP contribution is 2.20. The van der Waals surface area contributed by atoms with Crippen LogP contribution in [0.2, 0.25) is 0 Å². The number of nitrogens with zero attached hydrogens (tertiary/aromatic N) is 4. The number of carboxylic acid groups (broad SMARTS) is 1. The van der Waals surface area contributed by atoms with Crippen molar-refractivity contribution in [3.8, 4) is 0 Å². The summed E-state index contributed by atoms with van der Waals surface area (Å²) in [7, 11) is 0. The van der Waals surface area contributed by atoms with Gasteiger partial charge < -0.3 is 24.6 Å². The zero-order valence-electron chi connectivity index (χ0n) is 19.6. The monoisotopic (exact) mass is 465 g/mol. The van der Waals surface area contributed by atoms with Crippen LogP contribution < -0.4 is 5.32 Å². The SMILES string of the molecule is CC(C)(C)N(C(=O)O)[C@@H](Cc1ccccc1)C(=O)NCCOCCOCCOCCN=[N+]=[N-]. The lowest BCUT2D eigenvalue weighted by atomic mass is 9.98. The highest BCUT2D eigenvalue weighted by Gasteiger charge is 2.37. The maximum atomic E-state index is 12.9. The molecule has 0 heterocycles. The Bertz CT molecular complexity index is 749. The number of azide groups is 1. The Hall–Kier alpha value is -2.85. The maximum absolute atomic E-state index is 12.9. The van der Waals surface area contributed by atoms with Crippen LogP contribution >= 0.6 is 0 Å². The van der Waals surface area contributed by atoms with Crippen molar-refractivity contribution in [3.63, 3.8) is 0 Å². The molecule has 2 amide bonds. The third-order valence-corrected chi connectivity index (χ3v) is 4.50. The molecule has 0 aliphatic carbocycles. The van der Waals surface area contributed by atoms with Gasteiger partial charge in [-0.3, -0.25) is 9.69 Å². The lowest BCUT2D eigenvalue weighted by Gasteiger charge is -2.38. The van der Waals surface area contributed by atoms with Gasteiger partial charge in [0, 0.05) is 30.0 Å². The van der Waals surface area contributed by atoms with Crippen molar-refractivity contribution in [1.29, 1.82) is 0 Å². The first-order valence-corrected chi connectivity index (χ1v) is 10.9. The van der Waals surface area contributed by atoms with Gasteiger partial charge in [0.2, 0.25) is 5.91 Å². The second-order valence-electron chi connectivity index (χ2n) is 8.11. The fourth-order valence-electron chi connectivity index (χ4n) is 3.08. The number of carbonyl (C=O) groups is 2. The van der Waals surface area contributed by atoms with E-state index in [1.807, 2.05) is 30.3 Å². The van der Waals surface area contributed by atoms with Gasteiger partial charge in [-0.25, -0.2) is 4.79 Å². The number of hydrogen-bond donors (Lipinski definition) is 2. The molecule has 0 spiro atoms. The second-order valence-corrected chi connectivity index (χ2v) is 8.11. The van der Waals surface area contributed by atoms with E-state index in [4.69, 9.17) is 19.7 Å². The van der Waals surface area contributed by atoms with Crippen molar-refractivity contribution in [2.75, 3.05) is 52.7 Å². The number of amides is 2. The van der Waals surface area contributed by atoms with Gasteiger partial charge in [-0.05, 0) is 31.9 Å². The average Bonchev–Trinajstić information content (AvgIpc) is 2.76. The Morgan fingerprint density at radius 2 is 1.64 bits per heavy atom. The van der Waals surface area contributed by atoms with Crippen LogP contribution in [0.5, 0.6) is 0 Å². The van der Waals surface area contributed by atoms with Gasteiger partial charge in [-0.15, -0.1) is 0 Å². The van der Waals surface area contributed by atoms with Crippen molar-refractivity contribution in [2.45, 2.75) is 38.8 Å². The predicted molar refractivity (Wildman–Crippen MR) is 123 cm³/mol. The molecular formula is C22H35N5O6. The first-order chi connectivity index (χ1) is 15.8. The molecule has 0 unspecified atom stereocenters. The van der Waals surface area contributed by atoms with E-state index in [1.54, 1.807) is 20.8 Å². The Morgan fingerprint density at radius 1 is 1.06 bits per heavy atom. The number of hydrogen-bond acceptors (Lipinski definition) is 6. The molecular weight excluding hydrogens is 430 g/mol. The lowest BCUT2D eigenvalue weighted by molar-refractivity contribution is -0.127. The smallest absolute Gasteiger partial charge is 0.408 e. The van der Waals surface area contributed by atoms with Crippen LogP contribution in [0.1, 0.15) is 26.3 Å². The molecule has 2 N–H and O–H groups in total. The first kappa shape index (κ1) is 28.2. The van der Waals surface area contributed by atoms with Crippen molar-refractivity contribution in [2.24, 2.45) is 5.11 Å². The molecule has 0 bridgehead atoms. The lowest BCUT2D eigenvalue weighted by Crippen LogP contribution is -2.57. The van der Waals surface area contributed by atoms with Gasteiger partial charge in [-0.2, -0.15) is 0 Å². The summed E-state index contributed by atoms with van der Waals surface area (Å²) in [5.74, 6) is -0.367. The van der Waals surface area contributed by atoms with Crippen molar-refractivity contribution in [1.82, 2.24) is 10.2 Å². The van der Waals surface area contributed by atoms with Crippen LogP contribution in [-0.4, -0.2) is 86.3 Å². The number of rotatable bonds is 16. The summed E-state index contributed by atoms with van der Waals surface area (Å²) in [6, 6.07) is 8.47. The quantitative estimate of drug-likeness (QED) is 0.166. The molecule has 1 aromatic rings.